The lowest BCUT2D eigenvalue weighted by Crippen LogP contribution is -2.18. The average Bonchev–Trinajstić information content (AvgIpc) is 2.43. The molecule has 6 nitrogen and oxygen atoms in total. The van der Waals surface area contributed by atoms with Gasteiger partial charge in [0.15, 0.2) is 5.82 Å². The van der Waals surface area contributed by atoms with Crippen molar-refractivity contribution in [3.63, 3.8) is 0 Å². The Balaban J connectivity index is 2.71. The van der Waals surface area contributed by atoms with Gasteiger partial charge in [-0.1, -0.05) is 0 Å². The number of likely N-dealkylation sites (N-methyl/N-ethyl adjacent to an activating group) is 1. The zero-order chi connectivity index (χ0) is 10.7. The van der Waals surface area contributed by atoms with E-state index in [1.54, 1.807) is 10.9 Å². The van der Waals surface area contributed by atoms with Crippen molar-refractivity contribution in [3.05, 3.63) is 11.8 Å². The lowest BCUT2D eigenvalue weighted by Gasteiger charge is -2.08. The fraction of sp³-hybridized carbons (Fsp3) is 0.500. The number of nitrogen functional groups attached to an aromatic ring is 1. The van der Waals surface area contributed by atoms with Gasteiger partial charge in [0.1, 0.15) is 5.56 Å². The molecule has 0 aromatic carbocycles. The number of carbonyl (C=O) groups is 1. The van der Waals surface area contributed by atoms with Gasteiger partial charge in [0.2, 0.25) is 0 Å². The quantitative estimate of drug-likeness (QED) is 0.656. The van der Waals surface area contributed by atoms with Crippen molar-refractivity contribution < 1.29 is 4.79 Å². The molecule has 14 heavy (non-hydrogen) atoms. The highest BCUT2D eigenvalue weighted by atomic mass is 16.1. The minimum absolute atomic E-state index is 0.191. The van der Waals surface area contributed by atoms with E-state index in [-0.39, 0.29) is 11.4 Å². The predicted molar refractivity (Wildman–Crippen MR) is 53.7 cm³/mol. The standard InChI is InChI=1S/C8H15N5O/c1-12(2)3-4-13-5-6(8(10)14)7(9)11-13/h5H,3-4H2,1-2H3,(H2,9,11)(H2,10,14). The van der Waals surface area contributed by atoms with Gasteiger partial charge in [0, 0.05) is 12.7 Å². The number of nitrogens with zero attached hydrogens (tertiary/aromatic N) is 3. The van der Waals surface area contributed by atoms with Gasteiger partial charge in [-0.15, -0.1) is 0 Å². The van der Waals surface area contributed by atoms with Crippen LogP contribution in [0.3, 0.4) is 0 Å². The van der Waals surface area contributed by atoms with Gasteiger partial charge in [0.05, 0.1) is 6.54 Å². The van der Waals surface area contributed by atoms with Crippen molar-refractivity contribution in [2.45, 2.75) is 6.54 Å². The number of amides is 1. The first-order valence-electron chi connectivity index (χ1n) is 4.28. The normalized spacial score (nSPS) is 10.8. The monoisotopic (exact) mass is 197 g/mol. The molecule has 0 atom stereocenters. The molecule has 0 unspecified atom stereocenters. The van der Waals surface area contributed by atoms with Gasteiger partial charge in [-0.05, 0) is 14.1 Å². The Morgan fingerprint density at radius 1 is 1.64 bits per heavy atom. The number of primary amides is 1. The Kier molecular flexibility index (Phi) is 3.08. The number of aromatic nitrogens is 2. The van der Waals surface area contributed by atoms with Crippen LogP contribution in [0, 0.1) is 0 Å². The zero-order valence-electron chi connectivity index (χ0n) is 8.40. The van der Waals surface area contributed by atoms with E-state index in [0.717, 1.165) is 6.54 Å². The van der Waals surface area contributed by atoms with Crippen molar-refractivity contribution in [1.82, 2.24) is 14.7 Å². The molecule has 1 heterocycles. The molecule has 0 aliphatic rings. The van der Waals surface area contributed by atoms with Gasteiger partial charge in [-0.2, -0.15) is 5.10 Å². The number of carbonyl (C=O) groups excluding carboxylic acids is 1. The van der Waals surface area contributed by atoms with E-state index in [1.807, 2.05) is 19.0 Å². The van der Waals surface area contributed by atoms with Crippen LogP contribution in [0.4, 0.5) is 5.82 Å². The van der Waals surface area contributed by atoms with Gasteiger partial charge in [-0.25, -0.2) is 0 Å². The summed E-state index contributed by atoms with van der Waals surface area (Å²) in [4.78, 5) is 12.9. The summed E-state index contributed by atoms with van der Waals surface area (Å²) in [5, 5.41) is 3.97. The van der Waals surface area contributed by atoms with Crippen molar-refractivity contribution in [2.75, 3.05) is 26.4 Å². The van der Waals surface area contributed by atoms with E-state index in [0.29, 0.717) is 6.54 Å². The number of rotatable bonds is 4. The van der Waals surface area contributed by atoms with Crippen LogP contribution >= 0.6 is 0 Å². The third-order valence-electron chi connectivity index (χ3n) is 1.83. The molecule has 1 rings (SSSR count). The second kappa shape index (κ2) is 4.10. The SMILES string of the molecule is CN(C)CCn1cc(C(N)=O)c(N)n1. The molecule has 1 aromatic heterocycles. The van der Waals surface area contributed by atoms with Crippen molar-refractivity contribution in [2.24, 2.45) is 5.73 Å². The summed E-state index contributed by atoms with van der Waals surface area (Å²) in [7, 11) is 3.92. The maximum Gasteiger partial charge on any atom is 0.254 e. The van der Waals surface area contributed by atoms with E-state index >= 15 is 0 Å². The second-order valence-corrected chi connectivity index (χ2v) is 3.36. The molecule has 0 saturated heterocycles. The van der Waals surface area contributed by atoms with E-state index < -0.39 is 5.91 Å². The summed E-state index contributed by atoms with van der Waals surface area (Å²) < 4.78 is 1.62. The van der Waals surface area contributed by atoms with E-state index in [2.05, 4.69) is 5.10 Å². The molecule has 78 valence electrons. The topological polar surface area (TPSA) is 90.2 Å². The van der Waals surface area contributed by atoms with Crippen LogP contribution in [0.15, 0.2) is 6.20 Å². The summed E-state index contributed by atoms with van der Waals surface area (Å²) in [6.45, 7) is 1.52. The van der Waals surface area contributed by atoms with Gasteiger partial charge in [-0.3, -0.25) is 9.48 Å². The molecule has 0 fully saturated rings. The van der Waals surface area contributed by atoms with Crippen LogP contribution in [0.5, 0.6) is 0 Å². The predicted octanol–water partition coefficient (Wildman–Crippen LogP) is -0.874. The Bertz CT molecular complexity index is 330. The van der Waals surface area contributed by atoms with Gasteiger partial charge in [0.25, 0.3) is 5.91 Å². The molecular weight excluding hydrogens is 182 g/mol. The highest BCUT2D eigenvalue weighted by Crippen LogP contribution is 2.07. The molecule has 0 spiro atoms. The Morgan fingerprint density at radius 2 is 2.29 bits per heavy atom. The van der Waals surface area contributed by atoms with Crippen LogP contribution in [0.1, 0.15) is 10.4 Å². The largest absolute Gasteiger partial charge is 0.382 e. The summed E-state index contributed by atoms with van der Waals surface area (Å²) in [6, 6.07) is 0. The van der Waals surface area contributed by atoms with Gasteiger partial charge >= 0.3 is 0 Å². The molecule has 0 aliphatic carbocycles. The van der Waals surface area contributed by atoms with Crippen LogP contribution in [-0.4, -0.2) is 41.2 Å². The Labute approximate surface area is 82.5 Å². The van der Waals surface area contributed by atoms with E-state index in [1.165, 1.54) is 0 Å². The average molecular weight is 197 g/mol. The molecule has 0 saturated carbocycles. The molecule has 0 bridgehead atoms. The van der Waals surface area contributed by atoms with Crippen molar-refractivity contribution >= 4 is 11.7 Å². The van der Waals surface area contributed by atoms with Crippen molar-refractivity contribution in [1.29, 1.82) is 0 Å². The lowest BCUT2D eigenvalue weighted by atomic mass is 10.3. The number of hydrogen-bond acceptors (Lipinski definition) is 4. The van der Waals surface area contributed by atoms with Crippen LogP contribution in [0.2, 0.25) is 0 Å². The summed E-state index contributed by atoms with van der Waals surface area (Å²) in [6.07, 6.45) is 1.57. The Hall–Kier alpha value is -1.56. The fourth-order valence-corrected chi connectivity index (χ4v) is 1.04. The molecule has 0 radical (unpaired) electrons. The summed E-state index contributed by atoms with van der Waals surface area (Å²) in [5.74, 6) is -0.352. The maximum atomic E-state index is 10.9. The number of nitrogens with two attached hydrogens (primary N) is 2. The molecule has 4 N–H and O–H groups in total. The minimum atomic E-state index is -0.543. The van der Waals surface area contributed by atoms with Crippen molar-refractivity contribution in [3.8, 4) is 0 Å². The molecule has 1 aromatic rings. The second-order valence-electron chi connectivity index (χ2n) is 3.36. The fourth-order valence-electron chi connectivity index (χ4n) is 1.04. The first-order valence-corrected chi connectivity index (χ1v) is 4.28. The maximum absolute atomic E-state index is 10.9. The van der Waals surface area contributed by atoms with Crippen LogP contribution < -0.4 is 11.5 Å². The van der Waals surface area contributed by atoms with Crippen LogP contribution in [-0.2, 0) is 6.54 Å². The number of hydrogen-bond donors (Lipinski definition) is 2. The molecule has 1 amide bonds. The lowest BCUT2D eigenvalue weighted by molar-refractivity contribution is 0.100. The third kappa shape index (κ3) is 2.46. The highest BCUT2D eigenvalue weighted by molar-refractivity contribution is 5.96. The minimum Gasteiger partial charge on any atom is -0.382 e. The molecule has 6 heteroatoms. The first kappa shape index (κ1) is 10.5. The van der Waals surface area contributed by atoms with E-state index in [9.17, 15) is 4.79 Å². The van der Waals surface area contributed by atoms with Crippen LogP contribution in [0.25, 0.3) is 0 Å². The van der Waals surface area contributed by atoms with E-state index in [4.69, 9.17) is 11.5 Å². The first-order chi connectivity index (χ1) is 6.50. The third-order valence-corrected chi connectivity index (χ3v) is 1.83. The zero-order valence-corrected chi connectivity index (χ0v) is 8.40. The smallest absolute Gasteiger partial charge is 0.254 e. The summed E-state index contributed by atoms with van der Waals surface area (Å²) >= 11 is 0. The van der Waals surface area contributed by atoms with Gasteiger partial charge < -0.3 is 16.4 Å². The highest BCUT2D eigenvalue weighted by Gasteiger charge is 2.10. The number of anilines is 1. The molecule has 0 aliphatic heterocycles. The summed E-state index contributed by atoms with van der Waals surface area (Å²) in [5.41, 5.74) is 10.9. The Morgan fingerprint density at radius 3 is 2.71 bits per heavy atom. The molecular formula is C8H15N5O.